The van der Waals surface area contributed by atoms with E-state index in [1.165, 1.54) is 7.11 Å². The van der Waals surface area contributed by atoms with Crippen molar-refractivity contribution in [2.75, 3.05) is 21.3 Å². The van der Waals surface area contributed by atoms with Crippen LogP contribution in [0.3, 0.4) is 0 Å². The average molecular weight is 444 g/mol. The van der Waals surface area contributed by atoms with Gasteiger partial charge in [-0.05, 0) is 60.2 Å². The fraction of sp³-hybridized carbons (Fsp3) is 0.231. The Balaban J connectivity index is 1.54. The van der Waals surface area contributed by atoms with Crippen LogP contribution in [-0.4, -0.2) is 38.0 Å². The SMILES string of the molecule is COC(=O)c1ccc([C@@H]2Oc3ccc(OC)cc3[C@@H]3CC(c4ccc(OC)cc4)=NN32)cc1. The molecule has 3 aromatic rings. The van der Waals surface area contributed by atoms with E-state index in [1.807, 2.05) is 59.6 Å². The number of rotatable bonds is 5. The topological polar surface area (TPSA) is 69.6 Å². The number of fused-ring (bicyclic) bond motifs is 3. The molecule has 0 N–H and O–H groups in total. The molecule has 2 atom stereocenters. The number of benzene rings is 3. The van der Waals surface area contributed by atoms with Crippen LogP contribution in [0.4, 0.5) is 0 Å². The van der Waals surface area contributed by atoms with Gasteiger partial charge >= 0.3 is 5.97 Å². The Morgan fingerprint density at radius 1 is 0.939 bits per heavy atom. The first-order valence-electron chi connectivity index (χ1n) is 10.6. The monoisotopic (exact) mass is 444 g/mol. The minimum Gasteiger partial charge on any atom is -0.497 e. The first-order chi connectivity index (χ1) is 16.1. The predicted octanol–water partition coefficient (Wildman–Crippen LogP) is 4.73. The molecule has 3 aromatic carbocycles. The largest absolute Gasteiger partial charge is 0.497 e. The summed E-state index contributed by atoms with van der Waals surface area (Å²) in [6.07, 6.45) is 0.297. The van der Waals surface area contributed by atoms with Crippen molar-refractivity contribution in [2.24, 2.45) is 5.10 Å². The molecule has 0 fully saturated rings. The van der Waals surface area contributed by atoms with Gasteiger partial charge in [0.1, 0.15) is 17.2 Å². The number of hydrogen-bond donors (Lipinski definition) is 0. The summed E-state index contributed by atoms with van der Waals surface area (Å²) >= 11 is 0. The van der Waals surface area contributed by atoms with Crippen molar-refractivity contribution in [2.45, 2.75) is 18.7 Å². The average Bonchev–Trinajstić information content (AvgIpc) is 3.33. The summed E-state index contributed by atoms with van der Waals surface area (Å²) < 4.78 is 22.0. The Morgan fingerprint density at radius 2 is 1.64 bits per heavy atom. The highest BCUT2D eigenvalue weighted by atomic mass is 16.5. The molecule has 0 saturated heterocycles. The first-order valence-corrected chi connectivity index (χ1v) is 10.6. The number of ether oxygens (including phenoxy) is 4. The zero-order chi connectivity index (χ0) is 22.9. The van der Waals surface area contributed by atoms with Crippen molar-refractivity contribution in [3.05, 3.63) is 89.0 Å². The van der Waals surface area contributed by atoms with Gasteiger partial charge in [0, 0.05) is 17.5 Å². The van der Waals surface area contributed by atoms with Crippen molar-refractivity contribution in [3.63, 3.8) is 0 Å². The van der Waals surface area contributed by atoms with E-state index in [2.05, 4.69) is 0 Å². The smallest absolute Gasteiger partial charge is 0.337 e. The van der Waals surface area contributed by atoms with Crippen LogP contribution >= 0.6 is 0 Å². The van der Waals surface area contributed by atoms with Crippen LogP contribution in [0.5, 0.6) is 17.2 Å². The lowest BCUT2D eigenvalue weighted by molar-refractivity contribution is -0.0191. The van der Waals surface area contributed by atoms with Crippen molar-refractivity contribution in [3.8, 4) is 17.2 Å². The van der Waals surface area contributed by atoms with E-state index in [0.717, 1.165) is 46.1 Å². The van der Waals surface area contributed by atoms with Gasteiger partial charge < -0.3 is 18.9 Å². The summed E-state index contributed by atoms with van der Waals surface area (Å²) in [5, 5.41) is 6.97. The number of hydrazone groups is 1. The van der Waals surface area contributed by atoms with Gasteiger partial charge in [0.05, 0.1) is 38.6 Å². The second-order valence-electron chi connectivity index (χ2n) is 7.86. The van der Waals surface area contributed by atoms with E-state index in [0.29, 0.717) is 5.56 Å². The fourth-order valence-corrected chi connectivity index (χ4v) is 4.27. The molecule has 0 bridgehead atoms. The Kier molecular flexibility index (Phi) is 5.38. The van der Waals surface area contributed by atoms with Crippen molar-refractivity contribution < 1.29 is 23.7 Å². The highest BCUT2D eigenvalue weighted by Gasteiger charge is 2.41. The molecule has 2 aliphatic heterocycles. The summed E-state index contributed by atoms with van der Waals surface area (Å²) in [7, 11) is 4.68. The molecule has 0 saturated carbocycles. The minimum atomic E-state index is -0.432. The first kappa shape index (κ1) is 20.9. The molecule has 0 aliphatic carbocycles. The third kappa shape index (κ3) is 3.75. The zero-order valence-corrected chi connectivity index (χ0v) is 18.6. The fourth-order valence-electron chi connectivity index (χ4n) is 4.27. The van der Waals surface area contributed by atoms with Crippen molar-refractivity contribution in [1.82, 2.24) is 5.01 Å². The summed E-state index contributed by atoms with van der Waals surface area (Å²) in [4.78, 5) is 11.8. The summed E-state index contributed by atoms with van der Waals surface area (Å²) in [5.74, 6) is 2.00. The molecule has 0 amide bonds. The molecule has 0 unspecified atom stereocenters. The number of carbonyl (C=O) groups is 1. The third-order valence-electron chi connectivity index (χ3n) is 6.04. The summed E-state index contributed by atoms with van der Waals surface area (Å²) in [6, 6.07) is 21.0. The zero-order valence-electron chi connectivity index (χ0n) is 18.6. The van der Waals surface area contributed by atoms with E-state index < -0.39 is 6.23 Å². The molecule has 2 aliphatic rings. The van der Waals surface area contributed by atoms with E-state index in [-0.39, 0.29) is 12.0 Å². The molecular weight excluding hydrogens is 420 g/mol. The van der Waals surface area contributed by atoms with Gasteiger partial charge in [-0.1, -0.05) is 12.1 Å². The van der Waals surface area contributed by atoms with Crippen LogP contribution in [0, 0.1) is 0 Å². The molecule has 7 heteroatoms. The molecule has 5 rings (SSSR count). The number of esters is 1. The van der Waals surface area contributed by atoms with Crippen molar-refractivity contribution in [1.29, 1.82) is 0 Å². The van der Waals surface area contributed by atoms with Crippen molar-refractivity contribution >= 4 is 11.7 Å². The quantitative estimate of drug-likeness (QED) is 0.530. The standard InChI is InChI=1S/C26H24N2O5/c1-30-19-10-8-16(9-11-19)22-15-23-21-14-20(31-2)12-13-24(21)33-25(28(23)27-22)17-4-6-18(7-5-17)26(29)32-3/h4-14,23,25H,15H2,1-3H3/t23-,25-/m0/s1. The molecule has 168 valence electrons. The van der Waals surface area contributed by atoms with E-state index in [1.54, 1.807) is 26.4 Å². The maximum atomic E-state index is 11.8. The van der Waals surface area contributed by atoms with Gasteiger partial charge in [0.25, 0.3) is 0 Å². The lowest BCUT2D eigenvalue weighted by atomic mass is 9.95. The van der Waals surface area contributed by atoms with E-state index in [4.69, 9.17) is 24.0 Å². The van der Waals surface area contributed by atoms with Crippen LogP contribution in [0.25, 0.3) is 0 Å². The highest BCUT2D eigenvalue weighted by Crippen LogP contribution is 2.48. The van der Waals surface area contributed by atoms with Crippen LogP contribution in [0.1, 0.15) is 45.7 Å². The van der Waals surface area contributed by atoms with Crippen LogP contribution in [0.15, 0.2) is 71.8 Å². The maximum absolute atomic E-state index is 11.8. The summed E-state index contributed by atoms with van der Waals surface area (Å²) in [6.45, 7) is 0. The van der Waals surface area contributed by atoms with Gasteiger partial charge in [0.15, 0.2) is 0 Å². The molecule has 0 spiro atoms. The number of carbonyl (C=O) groups excluding carboxylic acids is 1. The normalized spacial score (nSPS) is 18.5. The third-order valence-corrected chi connectivity index (χ3v) is 6.04. The maximum Gasteiger partial charge on any atom is 0.337 e. The molecule has 7 nitrogen and oxygen atoms in total. The number of methoxy groups -OCH3 is 3. The van der Waals surface area contributed by atoms with Crippen LogP contribution in [-0.2, 0) is 4.74 Å². The summed E-state index contributed by atoms with van der Waals surface area (Å²) in [5.41, 5.74) is 4.42. The number of hydrogen-bond acceptors (Lipinski definition) is 7. The molecule has 2 heterocycles. The van der Waals surface area contributed by atoms with Crippen LogP contribution in [0.2, 0.25) is 0 Å². The minimum absolute atomic E-state index is 0.00812. The lowest BCUT2D eigenvalue weighted by Crippen LogP contribution is -2.33. The predicted molar refractivity (Wildman–Crippen MR) is 123 cm³/mol. The Bertz CT molecular complexity index is 1200. The van der Waals surface area contributed by atoms with E-state index in [9.17, 15) is 4.79 Å². The number of nitrogens with zero attached hydrogens (tertiary/aromatic N) is 2. The van der Waals surface area contributed by atoms with Gasteiger partial charge in [-0.3, -0.25) is 0 Å². The van der Waals surface area contributed by atoms with Crippen LogP contribution < -0.4 is 14.2 Å². The highest BCUT2D eigenvalue weighted by molar-refractivity contribution is 6.02. The van der Waals surface area contributed by atoms with Gasteiger partial charge in [-0.2, -0.15) is 5.10 Å². The van der Waals surface area contributed by atoms with Gasteiger partial charge in [-0.15, -0.1) is 0 Å². The molecule has 0 aromatic heterocycles. The van der Waals surface area contributed by atoms with Gasteiger partial charge in [0.2, 0.25) is 6.23 Å². The molecule has 0 radical (unpaired) electrons. The second kappa shape index (κ2) is 8.50. The van der Waals surface area contributed by atoms with E-state index >= 15 is 0 Å². The second-order valence-corrected chi connectivity index (χ2v) is 7.86. The molecular formula is C26H24N2O5. The Morgan fingerprint density at radius 3 is 2.30 bits per heavy atom. The molecule has 33 heavy (non-hydrogen) atoms. The lowest BCUT2D eigenvalue weighted by Gasteiger charge is -2.38. The van der Waals surface area contributed by atoms with Gasteiger partial charge in [-0.25, -0.2) is 9.80 Å². The Hall–Kier alpha value is -4.00. The Labute approximate surface area is 192 Å².